The molecule has 1 fully saturated rings. The van der Waals surface area contributed by atoms with Crippen LogP contribution in [0, 0.1) is 22.0 Å². The van der Waals surface area contributed by atoms with E-state index >= 15 is 0 Å². The van der Waals surface area contributed by atoms with Crippen molar-refractivity contribution in [2.24, 2.45) is 11.8 Å². The summed E-state index contributed by atoms with van der Waals surface area (Å²) < 4.78 is 0. The van der Waals surface area contributed by atoms with Crippen LogP contribution in [-0.4, -0.2) is 16.9 Å². The number of nitrogens with two attached hydrogens (primary N) is 1. The van der Waals surface area contributed by atoms with Crippen molar-refractivity contribution in [1.29, 1.82) is 0 Å². The summed E-state index contributed by atoms with van der Waals surface area (Å²) in [6, 6.07) is 4.25. The molecule has 3 unspecified atom stereocenters. The second-order valence-electron chi connectivity index (χ2n) is 5.72. The van der Waals surface area contributed by atoms with Gasteiger partial charge in [0.15, 0.2) is 0 Å². The number of nitrogens with zero attached hydrogens (tertiary/aromatic N) is 1. The minimum atomic E-state index is -0.554. The van der Waals surface area contributed by atoms with E-state index in [9.17, 15) is 14.9 Å². The number of nitro benzene ring substituents is 1. The highest BCUT2D eigenvalue weighted by molar-refractivity contribution is 5.96. The maximum absolute atomic E-state index is 12.2. The van der Waals surface area contributed by atoms with Gasteiger partial charge in [0.1, 0.15) is 5.69 Å². The molecule has 1 amide bonds. The van der Waals surface area contributed by atoms with E-state index < -0.39 is 4.92 Å². The van der Waals surface area contributed by atoms with E-state index in [1.165, 1.54) is 18.2 Å². The molecule has 21 heavy (non-hydrogen) atoms. The Balaban J connectivity index is 2.07. The summed E-state index contributed by atoms with van der Waals surface area (Å²) >= 11 is 0. The molecule has 1 aliphatic carbocycles. The van der Waals surface area contributed by atoms with Crippen LogP contribution in [-0.2, 0) is 0 Å². The first kappa shape index (κ1) is 15.3. The molecular weight excluding hydrogens is 270 g/mol. The number of carbonyl (C=O) groups is 1. The van der Waals surface area contributed by atoms with E-state index in [1.807, 2.05) is 0 Å². The zero-order valence-electron chi connectivity index (χ0n) is 12.3. The van der Waals surface area contributed by atoms with Crippen LogP contribution in [0.4, 0.5) is 11.4 Å². The summed E-state index contributed by atoms with van der Waals surface area (Å²) in [4.78, 5) is 22.4. The molecule has 0 radical (unpaired) electrons. The lowest BCUT2D eigenvalue weighted by Gasteiger charge is -2.21. The number of anilines is 1. The molecule has 1 aromatic rings. The number of hydrogen-bond acceptors (Lipinski definition) is 4. The quantitative estimate of drug-likeness (QED) is 0.506. The highest BCUT2D eigenvalue weighted by Gasteiger charge is 2.32. The molecule has 1 aliphatic rings. The van der Waals surface area contributed by atoms with Crippen molar-refractivity contribution >= 4 is 17.3 Å². The average Bonchev–Trinajstić information content (AvgIpc) is 2.79. The molecule has 2 rings (SSSR count). The highest BCUT2D eigenvalue weighted by Crippen LogP contribution is 2.34. The lowest BCUT2D eigenvalue weighted by Crippen LogP contribution is -2.37. The molecule has 1 saturated carbocycles. The van der Waals surface area contributed by atoms with Crippen LogP contribution >= 0.6 is 0 Å². The molecule has 0 heterocycles. The summed E-state index contributed by atoms with van der Waals surface area (Å²) in [5, 5.41) is 13.7. The minimum Gasteiger partial charge on any atom is -0.393 e. The standard InChI is InChI=1S/C15H21N3O3/c1-3-10-4-6-13(9(10)2)17-15(19)11-5-7-14(18(20)21)12(16)8-11/h5,7-10,13H,3-4,6,16H2,1-2H3,(H,17,19). The van der Waals surface area contributed by atoms with Crippen LogP contribution < -0.4 is 11.1 Å². The van der Waals surface area contributed by atoms with Crippen LogP contribution in [0.2, 0.25) is 0 Å². The minimum absolute atomic E-state index is 0.0126. The van der Waals surface area contributed by atoms with Crippen molar-refractivity contribution in [1.82, 2.24) is 5.32 Å². The Kier molecular flexibility index (Phi) is 4.45. The van der Waals surface area contributed by atoms with Crippen LogP contribution in [0.5, 0.6) is 0 Å². The zero-order chi connectivity index (χ0) is 15.6. The number of rotatable bonds is 4. The van der Waals surface area contributed by atoms with Gasteiger partial charge < -0.3 is 11.1 Å². The number of nitro groups is 1. The van der Waals surface area contributed by atoms with Gasteiger partial charge >= 0.3 is 0 Å². The van der Waals surface area contributed by atoms with Gasteiger partial charge in [0.2, 0.25) is 0 Å². The predicted octanol–water partition coefficient (Wildman–Crippen LogP) is 2.73. The summed E-state index contributed by atoms with van der Waals surface area (Å²) in [6.45, 7) is 4.33. The van der Waals surface area contributed by atoms with Gasteiger partial charge in [-0.25, -0.2) is 0 Å². The molecule has 114 valence electrons. The van der Waals surface area contributed by atoms with Gasteiger partial charge in [-0.2, -0.15) is 0 Å². The van der Waals surface area contributed by atoms with Crippen LogP contribution in [0.3, 0.4) is 0 Å². The first-order valence-electron chi connectivity index (χ1n) is 7.28. The Bertz CT molecular complexity index is 559. The molecule has 3 N–H and O–H groups in total. The Hall–Kier alpha value is -2.11. The molecule has 0 saturated heterocycles. The van der Waals surface area contributed by atoms with Gasteiger partial charge in [0.05, 0.1) is 4.92 Å². The summed E-state index contributed by atoms with van der Waals surface area (Å²) in [5.74, 6) is 0.886. The molecule has 6 nitrogen and oxygen atoms in total. The van der Waals surface area contributed by atoms with E-state index in [4.69, 9.17) is 5.73 Å². The lowest BCUT2D eigenvalue weighted by molar-refractivity contribution is -0.383. The molecule has 0 aromatic heterocycles. The molecular formula is C15H21N3O3. The topological polar surface area (TPSA) is 98.3 Å². The SMILES string of the molecule is CCC1CCC(NC(=O)c2ccc([N+](=O)[O-])c(N)c2)C1C. The summed E-state index contributed by atoms with van der Waals surface area (Å²) in [5.41, 5.74) is 5.82. The van der Waals surface area contributed by atoms with Gasteiger partial charge in [0, 0.05) is 17.7 Å². The second kappa shape index (κ2) is 6.11. The van der Waals surface area contributed by atoms with Crippen molar-refractivity contribution in [2.75, 3.05) is 5.73 Å². The van der Waals surface area contributed by atoms with E-state index in [-0.39, 0.29) is 23.3 Å². The smallest absolute Gasteiger partial charge is 0.292 e. The largest absolute Gasteiger partial charge is 0.393 e. The van der Waals surface area contributed by atoms with Crippen molar-refractivity contribution in [2.45, 2.75) is 39.2 Å². The summed E-state index contributed by atoms with van der Waals surface area (Å²) in [7, 11) is 0. The summed E-state index contributed by atoms with van der Waals surface area (Å²) in [6.07, 6.45) is 3.23. The van der Waals surface area contributed by atoms with Gasteiger partial charge in [-0.15, -0.1) is 0 Å². The van der Waals surface area contributed by atoms with Gasteiger partial charge in [-0.3, -0.25) is 14.9 Å². The maximum atomic E-state index is 12.2. The third-order valence-corrected chi connectivity index (χ3v) is 4.55. The van der Waals surface area contributed by atoms with Crippen LogP contribution in [0.25, 0.3) is 0 Å². The third kappa shape index (κ3) is 3.15. The van der Waals surface area contributed by atoms with Crippen LogP contribution in [0.15, 0.2) is 18.2 Å². The highest BCUT2D eigenvalue weighted by atomic mass is 16.6. The molecule has 3 atom stereocenters. The first-order chi connectivity index (χ1) is 9.93. The van der Waals surface area contributed by atoms with Gasteiger partial charge in [-0.1, -0.05) is 20.3 Å². The fraction of sp³-hybridized carbons (Fsp3) is 0.533. The number of nitrogens with one attached hydrogen (secondary N) is 1. The third-order valence-electron chi connectivity index (χ3n) is 4.55. The normalized spacial score (nSPS) is 24.8. The Labute approximate surface area is 123 Å². The van der Waals surface area contributed by atoms with E-state index in [2.05, 4.69) is 19.2 Å². The lowest BCUT2D eigenvalue weighted by atomic mass is 9.93. The zero-order valence-corrected chi connectivity index (χ0v) is 12.3. The Morgan fingerprint density at radius 3 is 2.71 bits per heavy atom. The predicted molar refractivity (Wildman–Crippen MR) is 80.9 cm³/mol. The maximum Gasteiger partial charge on any atom is 0.292 e. The van der Waals surface area contributed by atoms with Gasteiger partial charge in [-0.05, 0) is 36.8 Å². The number of amides is 1. The number of nitrogen functional groups attached to an aromatic ring is 1. The number of hydrogen-bond donors (Lipinski definition) is 2. The van der Waals surface area contributed by atoms with E-state index in [0.717, 1.165) is 19.3 Å². The average molecular weight is 291 g/mol. The van der Waals surface area contributed by atoms with Crippen molar-refractivity contribution < 1.29 is 9.72 Å². The molecule has 0 aliphatic heterocycles. The molecule has 6 heteroatoms. The fourth-order valence-corrected chi connectivity index (χ4v) is 3.14. The van der Waals surface area contributed by atoms with E-state index in [0.29, 0.717) is 17.4 Å². The second-order valence-corrected chi connectivity index (χ2v) is 5.72. The fourth-order valence-electron chi connectivity index (χ4n) is 3.14. The van der Waals surface area contributed by atoms with Crippen LogP contribution in [0.1, 0.15) is 43.5 Å². The number of benzene rings is 1. The van der Waals surface area contributed by atoms with Crippen molar-refractivity contribution in [3.8, 4) is 0 Å². The van der Waals surface area contributed by atoms with E-state index in [1.54, 1.807) is 0 Å². The Morgan fingerprint density at radius 2 is 2.19 bits per heavy atom. The molecule has 1 aromatic carbocycles. The molecule has 0 spiro atoms. The van der Waals surface area contributed by atoms with Crippen molar-refractivity contribution in [3.05, 3.63) is 33.9 Å². The monoisotopic (exact) mass is 291 g/mol. The Morgan fingerprint density at radius 1 is 1.48 bits per heavy atom. The number of carbonyl (C=O) groups excluding carboxylic acids is 1. The van der Waals surface area contributed by atoms with Crippen molar-refractivity contribution in [3.63, 3.8) is 0 Å². The molecule has 0 bridgehead atoms. The first-order valence-corrected chi connectivity index (χ1v) is 7.28. The van der Waals surface area contributed by atoms with Gasteiger partial charge in [0.25, 0.3) is 11.6 Å².